The molecule has 0 saturated heterocycles. The molecule has 1 aliphatic carbocycles. The number of para-hydroxylation sites is 1. The summed E-state index contributed by atoms with van der Waals surface area (Å²) in [7, 11) is 0. The molecule has 0 saturated carbocycles. The Labute approximate surface area is 198 Å². The Morgan fingerprint density at radius 2 is 1.65 bits per heavy atom. The van der Waals surface area contributed by atoms with Crippen molar-refractivity contribution in [1.29, 1.82) is 0 Å². The Morgan fingerprint density at radius 3 is 2.53 bits per heavy atom. The normalized spacial score (nSPS) is 16.7. The Bertz CT molecular complexity index is 1360. The molecule has 4 nitrogen and oxygen atoms in total. The second kappa shape index (κ2) is 8.49. The summed E-state index contributed by atoms with van der Waals surface area (Å²) in [6.45, 7) is 0.445. The first-order valence-electron chi connectivity index (χ1n) is 11.9. The van der Waals surface area contributed by atoms with Crippen molar-refractivity contribution in [2.45, 2.75) is 38.3 Å². The predicted molar refractivity (Wildman–Crippen MR) is 132 cm³/mol. The topological polar surface area (TPSA) is 37.3 Å². The maximum Gasteiger partial charge on any atom is 0.322 e. The van der Waals surface area contributed by atoms with Crippen LogP contribution in [-0.2, 0) is 19.4 Å². The summed E-state index contributed by atoms with van der Waals surface area (Å²) < 4.78 is 15.9. The van der Waals surface area contributed by atoms with Crippen molar-refractivity contribution in [3.63, 3.8) is 0 Å². The average Bonchev–Trinajstić information content (AvgIpc) is 3.29. The van der Waals surface area contributed by atoms with Gasteiger partial charge >= 0.3 is 6.03 Å². The number of nitrogens with zero attached hydrogens (tertiary/aromatic N) is 2. The zero-order valence-electron chi connectivity index (χ0n) is 18.9. The lowest BCUT2D eigenvalue weighted by Crippen LogP contribution is -2.38. The Balaban J connectivity index is 1.45. The molecule has 2 heterocycles. The molecular weight excluding hydrogens is 425 g/mol. The third kappa shape index (κ3) is 3.58. The minimum Gasteiger partial charge on any atom is -0.318 e. The van der Waals surface area contributed by atoms with E-state index in [1.54, 1.807) is 12.1 Å². The molecule has 1 aliphatic heterocycles. The van der Waals surface area contributed by atoms with Gasteiger partial charge in [-0.15, -0.1) is 0 Å². The van der Waals surface area contributed by atoms with Gasteiger partial charge in [0.05, 0.1) is 18.3 Å². The van der Waals surface area contributed by atoms with Crippen LogP contribution in [0, 0.1) is 5.82 Å². The highest BCUT2D eigenvalue weighted by molar-refractivity contribution is 5.91. The number of urea groups is 1. The smallest absolute Gasteiger partial charge is 0.318 e. The molecular formula is C29H26FN3O. The highest BCUT2D eigenvalue weighted by atomic mass is 19.1. The molecule has 0 fully saturated rings. The molecule has 1 aromatic heterocycles. The fraction of sp³-hybridized carbons (Fsp3) is 0.207. The van der Waals surface area contributed by atoms with E-state index >= 15 is 0 Å². The molecule has 2 amide bonds. The highest BCUT2D eigenvalue weighted by Crippen LogP contribution is 2.37. The number of aryl methyl sites for hydroxylation is 1. The standard InChI is InChI=1S/C29H26FN3O/c30-23-16-14-21(15-17-23)28-27-13-6-18-32(27)26-12-4-2-8-22(26)19-33(28)29(34)31-25-11-5-9-20-7-1-3-10-24(20)25/h2,4-6,8-9,11-18,28H,1,3,7,10,19H2,(H,31,34). The number of nitrogens with one attached hydrogen (secondary N) is 1. The Hall–Kier alpha value is -3.86. The van der Waals surface area contributed by atoms with Crippen LogP contribution in [0.1, 0.15) is 46.8 Å². The third-order valence-electron chi connectivity index (χ3n) is 7.05. The lowest BCUT2D eigenvalue weighted by atomic mass is 9.90. The van der Waals surface area contributed by atoms with Crippen molar-refractivity contribution in [3.8, 4) is 5.69 Å². The van der Waals surface area contributed by atoms with Gasteiger partial charge in [0.15, 0.2) is 0 Å². The minimum absolute atomic E-state index is 0.155. The largest absolute Gasteiger partial charge is 0.322 e. The van der Waals surface area contributed by atoms with Gasteiger partial charge in [0.25, 0.3) is 0 Å². The zero-order valence-corrected chi connectivity index (χ0v) is 18.9. The molecule has 1 unspecified atom stereocenters. The first-order chi connectivity index (χ1) is 16.7. The number of carbonyl (C=O) groups is 1. The van der Waals surface area contributed by atoms with Crippen LogP contribution in [0.15, 0.2) is 85.1 Å². The number of fused-ring (bicyclic) bond motifs is 4. The van der Waals surface area contributed by atoms with Crippen molar-refractivity contribution in [2.75, 3.05) is 5.32 Å². The molecule has 0 radical (unpaired) electrons. The Kier molecular flexibility index (Phi) is 5.17. The first-order valence-corrected chi connectivity index (χ1v) is 11.9. The number of anilines is 1. The number of hydrogen-bond donors (Lipinski definition) is 1. The zero-order chi connectivity index (χ0) is 23.1. The molecule has 4 aromatic rings. The first kappa shape index (κ1) is 20.7. The van der Waals surface area contributed by atoms with Gasteiger partial charge in [-0.1, -0.05) is 42.5 Å². The molecule has 170 valence electrons. The van der Waals surface area contributed by atoms with E-state index in [9.17, 15) is 9.18 Å². The number of hydrogen-bond acceptors (Lipinski definition) is 1. The summed E-state index contributed by atoms with van der Waals surface area (Å²) in [6, 6.07) is 24.4. The molecule has 6 rings (SSSR count). The van der Waals surface area contributed by atoms with Crippen LogP contribution < -0.4 is 5.32 Å². The number of halogens is 1. The summed E-state index contributed by atoms with van der Waals surface area (Å²) >= 11 is 0. The van der Waals surface area contributed by atoms with Gasteiger partial charge in [0, 0.05) is 17.6 Å². The number of carbonyl (C=O) groups excluding carboxylic acids is 1. The summed E-state index contributed by atoms with van der Waals surface area (Å²) in [5, 5.41) is 3.24. The van der Waals surface area contributed by atoms with Crippen LogP contribution in [0.5, 0.6) is 0 Å². The summed E-state index contributed by atoms with van der Waals surface area (Å²) in [6.07, 6.45) is 6.40. The van der Waals surface area contributed by atoms with Crippen LogP contribution in [-0.4, -0.2) is 15.5 Å². The molecule has 1 N–H and O–H groups in total. The van der Waals surface area contributed by atoms with Gasteiger partial charge in [-0.2, -0.15) is 0 Å². The van der Waals surface area contributed by atoms with Crippen molar-refractivity contribution >= 4 is 11.7 Å². The van der Waals surface area contributed by atoms with Crippen LogP contribution in [0.4, 0.5) is 14.9 Å². The van der Waals surface area contributed by atoms with Gasteiger partial charge in [-0.3, -0.25) is 0 Å². The maximum atomic E-state index is 13.9. The van der Waals surface area contributed by atoms with Gasteiger partial charge in [-0.25, -0.2) is 9.18 Å². The Morgan fingerprint density at radius 1 is 0.853 bits per heavy atom. The van der Waals surface area contributed by atoms with Gasteiger partial charge in [-0.05, 0) is 84.3 Å². The molecule has 34 heavy (non-hydrogen) atoms. The molecule has 0 spiro atoms. The van der Waals surface area contributed by atoms with Crippen LogP contribution in [0.2, 0.25) is 0 Å². The van der Waals surface area contributed by atoms with Crippen molar-refractivity contribution in [2.24, 2.45) is 0 Å². The number of amides is 2. The van der Waals surface area contributed by atoms with E-state index in [1.165, 1.54) is 29.7 Å². The van der Waals surface area contributed by atoms with E-state index in [2.05, 4.69) is 28.1 Å². The number of aromatic nitrogens is 1. The van der Waals surface area contributed by atoms with Gasteiger partial charge < -0.3 is 14.8 Å². The van der Waals surface area contributed by atoms with Gasteiger partial charge in [0.2, 0.25) is 0 Å². The lowest BCUT2D eigenvalue weighted by Gasteiger charge is -2.31. The van der Waals surface area contributed by atoms with Crippen LogP contribution in [0.25, 0.3) is 5.69 Å². The van der Waals surface area contributed by atoms with E-state index in [-0.39, 0.29) is 17.9 Å². The second-order valence-electron chi connectivity index (χ2n) is 9.09. The van der Waals surface area contributed by atoms with E-state index < -0.39 is 0 Å². The van der Waals surface area contributed by atoms with Crippen molar-refractivity contribution < 1.29 is 9.18 Å². The summed E-state index contributed by atoms with van der Waals surface area (Å²) in [4.78, 5) is 15.8. The highest BCUT2D eigenvalue weighted by Gasteiger charge is 2.33. The molecule has 0 bridgehead atoms. The number of benzene rings is 3. The molecule has 3 aromatic carbocycles. The predicted octanol–water partition coefficient (Wildman–Crippen LogP) is 6.63. The monoisotopic (exact) mass is 451 g/mol. The fourth-order valence-electron chi connectivity index (χ4n) is 5.42. The molecule has 1 atom stereocenters. The van der Waals surface area contributed by atoms with Crippen LogP contribution in [0.3, 0.4) is 0 Å². The van der Waals surface area contributed by atoms with E-state index in [0.717, 1.165) is 47.5 Å². The molecule has 5 heteroatoms. The average molecular weight is 452 g/mol. The van der Waals surface area contributed by atoms with Crippen molar-refractivity contribution in [3.05, 3.63) is 119 Å². The molecule has 2 aliphatic rings. The minimum atomic E-state index is -0.359. The SMILES string of the molecule is O=C(Nc1cccc2c1CCCC2)N1Cc2ccccc2-n2cccc2C1c1ccc(F)cc1. The van der Waals surface area contributed by atoms with E-state index in [4.69, 9.17) is 0 Å². The quantitative estimate of drug-likeness (QED) is 0.365. The van der Waals surface area contributed by atoms with Gasteiger partial charge in [0.1, 0.15) is 5.82 Å². The summed E-state index contributed by atoms with van der Waals surface area (Å²) in [5.74, 6) is -0.289. The number of rotatable bonds is 2. The van der Waals surface area contributed by atoms with E-state index in [0.29, 0.717) is 6.54 Å². The third-order valence-corrected chi connectivity index (χ3v) is 7.05. The fourth-order valence-corrected chi connectivity index (χ4v) is 5.42. The maximum absolute atomic E-state index is 13.9. The lowest BCUT2D eigenvalue weighted by molar-refractivity contribution is 0.194. The van der Waals surface area contributed by atoms with Crippen LogP contribution >= 0.6 is 0 Å². The van der Waals surface area contributed by atoms with Crippen molar-refractivity contribution in [1.82, 2.24) is 9.47 Å². The summed E-state index contributed by atoms with van der Waals surface area (Å²) in [5.41, 5.74) is 7.44. The van der Waals surface area contributed by atoms with E-state index in [1.807, 2.05) is 47.5 Å². The second-order valence-corrected chi connectivity index (χ2v) is 9.09.